The SMILES string of the molecule is CCCCC(C)[CH2][Al]([Br])[CH2]C(C)CCCC. The predicted molar refractivity (Wildman–Crippen MR) is 81.7 cm³/mol. The van der Waals surface area contributed by atoms with Crippen molar-refractivity contribution in [1.82, 2.24) is 0 Å². The maximum atomic E-state index is 4.00. The zero-order valence-corrected chi connectivity index (χ0v) is 14.5. The molecule has 0 fully saturated rings. The van der Waals surface area contributed by atoms with E-state index in [0.717, 1.165) is 11.8 Å². The third-order valence-electron chi connectivity index (χ3n) is 3.42. The van der Waals surface area contributed by atoms with Gasteiger partial charge in [-0.05, 0) is 0 Å². The van der Waals surface area contributed by atoms with Crippen LogP contribution in [0.25, 0.3) is 0 Å². The topological polar surface area (TPSA) is 0 Å². The Labute approximate surface area is 115 Å². The lowest BCUT2D eigenvalue weighted by atomic mass is 10.1. The van der Waals surface area contributed by atoms with E-state index >= 15 is 0 Å². The number of hydrogen-bond acceptors (Lipinski definition) is 0. The predicted octanol–water partition coefficient (Wildman–Crippen LogP) is 6.03. The zero-order valence-electron chi connectivity index (χ0n) is 11.8. The Bertz CT molecular complexity index is 134. The van der Waals surface area contributed by atoms with E-state index < -0.39 is 12.3 Å². The summed E-state index contributed by atoms with van der Waals surface area (Å²) in [6, 6.07) is 0. The summed E-state index contributed by atoms with van der Waals surface area (Å²) in [6.45, 7) is 9.46. The molecule has 0 saturated heterocycles. The largest absolute Gasteiger partial charge is 0.366 e. The van der Waals surface area contributed by atoms with Crippen LogP contribution in [0.2, 0.25) is 10.6 Å². The molecule has 0 bridgehead atoms. The van der Waals surface area contributed by atoms with Crippen molar-refractivity contribution in [2.75, 3.05) is 0 Å². The van der Waals surface area contributed by atoms with Crippen LogP contribution in [0.15, 0.2) is 0 Å². The second-order valence-corrected chi connectivity index (χ2v) is 11.6. The van der Waals surface area contributed by atoms with Gasteiger partial charge in [-0.25, -0.2) is 14.1 Å². The van der Waals surface area contributed by atoms with E-state index in [1.54, 1.807) is 0 Å². The molecule has 16 heavy (non-hydrogen) atoms. The third-order valence-corrected chi connectivity index (χ3v) is 8.29. The number of rotatable bonds is 10. The fourth-order valence-corrected chi connectivity index (χ4v) is 8.55. The van der Waals surface area contributed by atoms with E-state index in [9.17, 15) is 0 Å². The highest BCUT2D eigenvalue weighted by atomic mass is 79.9. The minimum Gasteiger partial charge on any atom is -0.217 e. The second kappa shape index (κ2) is 11.1. The summed E-state index contributed by atoms with van der Waals surface area (Å²) in [5.74, 6) is 1.91. The zero-order chi connectivity index (χ0) is 12.4. The molecule has 96 valence electrons. The Hall–Kier alpha value is 1.01. The van der Waals surface area contributed by atoms with E-state index in [1.807, 2.05) is 0 Å². The molecule has 0 N–H and O–H groups in total. The van der Waals surface area contributed by atoms with Crippen molar-refractivity contribution in [3.63, 3.8) is 0 Å². The minimum absolute atomic E-state index is 0.591. The van der Waals surface area contributed by atoms with Gasteiger partial charge >= 0.3 is 12.3 Å². The molecule has 0 nitrogen and oxygen atoms in total. The summed E-state index contributed by atoms with van der Waals surface area (Å²) in [6.07, 6.45) is 8.42. The van der Waals surface area contributed by atoms with Crippen LogP contribution in [0.3, 0.4) is 0 Å². The molecule has 0 saturated carbocycles. The van der Waals surface area contributed by atoms with Gasteiger partial charge in [-0.3, -0.25) is 0 Å². The maximum Gasteiger partial charge on any atom is 0.366 e. The summed E-state index contributed by atoms with van der Waals surface area (Å²) < 4.78 is 0. The van der Waals surface area contributed by atoms with Gasteiger partial charge in [0.15, 0.2) is 0 Å². The van der Waals surface area contributed by atoms with Gasteiger partial charge in [0, 0.05) is 0 Å². The quantitative estimate of drug-likeness (QED) is 0.433. The molecule has 0 heterocycles. The van der Waals surface area contributed by atoms with Gasteiger partial charge in [-0.15, -0.1) is 0 Å². The van der Waals surface area contributed by atoms with Crippen LogP contribution >= 0.6 is 14.1 Å². The highest BCUT2D eigenvalue weighted by Gasteiger charge is 2.19. The molecule has 0 aliphatic rings. The van der Waals surface area contributed by atoms with E-state index in [-0.39, 0.29) is 0 Å². The molecule has 0 aliphatic heterocycles. The minimum atomic E-state index is -0.591. The summed E-state index contributed by atoms with van der Waals surface area (Å²) in [5.41, 5.74) is 0. The summed E-state index contributed by atoms with van der Waals surface area (Å²) in [5, 5.41) is 2.99. The number of hydrogen-bond donors (Lipinski definition) is 0. The molecule has 0 aliphatic carbocycles. The fraction of sp³-hybridized carbons (Fsp3) is 1.00. The summed E-state index contributed by atoms with van der Waals surface area (Å²) in [4.78, 5) is 0. The molecule has 0 radical (unpaired) electrons. The van der Waals surface area contributed by atoms with Gasteiger partial charge in [0.2, 0.25) is 0 Å². The molecule has 0 spiro atoms. The van der Waals surface area contributed by atoms with Crippen LogP contribution in [-0.4, -0.2) is 12.3 Å². The first-order valence-corrected chi connectivity index (χ1v) is 12.1. The smallest absolute Gasteiger partial charge is 0.217 e. The van der Waals surface area contributed by atoms with E-state index in [4.69, 9.17) is 0 Å². The average molecular weight is 305 g/mol. The van der Waals surface area contributed by atoms with Crippen LogP contribution in [0.1, 0.15) is 66.2 Å². The molecule has 2 unspecified atom stereocenters. The molecule has 2 atom stereocenters. The molecule has 2 heteroatoms. The fourth-order valence-electron chi connectivity index (χ4n) is 2.31. The van der Waals surface area contributed by atoms with Gasteiger partial charge in [-0.2, -0.15) is 0 Å². The molecule has 0 aromatic carbocycles. The molecular formula is C14H30AlBr. The average Bonchev–Trinajstić information content (AvgIpc) is 2.23. The van der Waals surface area contributed by atoms with Gasteiger partial charge < -0.3 is 0 Å². The Kier molecular flexibility index (Phi) is 11.8. The van der Waals surface area contributed by atoms with Crippen LogP contribution in [0.5, 0.6) is 0 Å². The van der Waals surface area contributed by atoms with Crippen LogP contribution in [0.4, 0.5) is 0 Å². The molecule has 0 aromatic rings. The lowest BCUT2D eigenvalue weighted by Gasteiger charge is -2.16. The molecule has 0 aromatic heterocycles. The highest BCUT2D eigenvalue weighted by molar-refractivity contribution is 9.24. The Morgan fingerprint density at radius 3 is 1.56 bits per heavy atom. The van der Waals surface area contributed by atoms with Gasteiger partial charge in [0.05, 0.1) is 0 Å². The third kappa shape index (κ3) is 10.2. The van der Waals surface area contributed by atoms with Crippen molar-refractivity contribution in [3.8, 4) is 0 Å². The summed E-state index contributed by atoms with van der Waals surface area (Å²) in [7, 11) is 0. The van der Waals surface area contributed by atoms with Gasteiger partial charge in [-0.1, -0.05) is 88.6 Å². The Morgan fingerprint density at radius 1 is 0.875 bits per heavy atom. The Balaban J connectivity index is 3.58. The number of halogens is 1. The standard InChI is InChI=1S/2C7H15.Al.BrH/c2*1-4-5-6-7(2)3;;/h2*7H,2,4-6H2,1,3H3;;1H/q;;+1;/p-1. The van der Waals surface area contributed by atoms with Crippen molar-refractivity contribution < 1.29 is 0 Å². The first-order valence-electron chi connectivity index (χ1n) is 7.24. The molecular weight excluding hydrogens is 275 g/mol. The maximum absolute atomic E-state index is 4.00. The lowest BCUT2D eigenvalue weighted by Crippen LogP contribution is -2.12. The number of unbranched alkanes of at least 4 members (excludes halogenated alkanes) is 2. The first-order chi connectivity index (χ1) is 7.60. The van der Waals surface area contributed by atoms with E-state index in [0.29, 0.717) is 0 Å². The van der Waals surface area contributed by atoms with Crippen molar-refractivity contribution in [1.29, 1.82) is 0 Å². The second-order valence-electron chi connectivity index (χ2n) is 5.56. The van der Waals surface area contributed by atoms with Crippen molar-refractivity contribution in [2.24, 2.45) is 11.8 Å². The van der Waals surface area contributed by atoms with Crippen LogP contribution < -0.4 is 0 Å². The molecule has 0 amide bonds. The van der Waals surface area contributed by atoms with Gasteiger partial charge in [0.1, 0.15) is 0 Å². The van der Waals surface area contributed by atoms with E-state index in [2.05, 4.69) is 41.7 Å². The Morgan fingerprint density at radius 2 is 1.25 bits per heavy atom. The van der Waals surface area contributed by atoms with Gasteiger partial charge in [0.25, 0.3) is 0 Å². The molecule has 0 rings (SSSR count). The van der Waals surface area contributed by atoms with Crippen LogP contribution in [0, 0.1) is 11.8 Å². The van der Waals surface area contributed by atoms with Crippen molar-refractivity contribution in [2.45, 2.75) is 76.8 Å². The van der Waals surface area contributed by atoms with Crippen molar-refractivity contribution in [3.05, 3.63) is 0 Å². The summed E-state index contributed by atoms with van der Waals surface area (Å²) >= 11 is 3.41. The van der Waals surface area contributed by atoms with Crippen molar-refractivity contribution >= 4 is 26.4 Å². The van der Waals surface area contributed by atoms with E-state index in [1.165, 1.54) is 49.1 Å². The van der Waals surface area contributed by atoms with Crippen LogP contribution in [-0.2, 0) is 0 Å². The first kappa shape index (κ1) is 17.0. The normalized spacial score (nSPS) is 14.8. The lowest BCUT2D eigenvalue weighted by molar-refractivity contribution is 0.530. The monoisotopic (exact) mass is 304 g/mol. The highest BCUT2D eigenvalue weighted by Crippen LogP contribution is 2.24.